The van der Waals surface area contributed by atoms with Gasteiger partial charge in [0.25, 0.3) is 0 Å². The Bertz CT molecular complexity index is 339. The Morgan fingerprint density at radius 3 is 2.43 bits per heavy atom. The quantitative estimate of drug-likeness (QED) is 0.733. The molecule has 1 rings (SSSR count). The molecule has 0 saturated carbocycles. The van der Waals surface area contributed by atoms with E-state index in [9.17, 15) is 4.79 Å². The van der Waals surface area contributed by atoms with Gasteiger partial charge in [-0.3, -0.25) is 9.48 Å². The number of hydrogen-bond acceptors (Lipinski definition) is 2. The highest BCUT2D eigenvalue weighted by Crippen LogP contribution is 2.15. The number of nitrogens with zero attached hydrogens (tertiary/aromatic N) is 2. The van der Waals surface area contributed by atoms with E-state index in [2.05, 4.69) is 18.9 Å². The van der Waals surface area contributed by atoms with E-state index < -0.39 is 0 Å². The molecule has 0 atom stereocenters. The van der Waals surface area contributed by atoms with Crippen molar-refractivity contribution in [1.29, 1.82) is 0 Å². The van der Waals surface area contributed by atoms with Crippen LogP contribution in [0.5, 0.6) is 0 Å². The highest BCUT2D eigenvalue weighted by Gasteiger charge is 2.12. The third kappa shape index (κ3) is 2.03. The summed E-state index contributed by atoms with van der Waals surface area (Å²) in [5.41, 5.74) is 3.57. The van der Waals surface area contributed by atoms with Crippen LogP contribution in [0.3, 0.4) is 0 Å². The largest absolute Gasteiger partial charge is 0.298 e. The summed E-state index contributed by atoms with van der Waals surface area (Å²) < 4.78 is 1.84. The van der Waals surface area contributed by atoms with Crippen LogP contribution in [0.1, 0.15) is 37.7 Å². The lowest BCUT2D eigenvalue weighted by Gasteiger charge is -2.04. The van der Waals surface area contributed by atoms with Crippen LogP contribution >= 0.6 is 0 Å². The Kier molecular flexibility index (Phi) is 3.44. The molecule has 0 amide bonds. The van der Waals surface area contributed by atoms with Gasteiger partial charge in [-0.25, -0.2) is 0 Å². The van der Waals surface area contributed by atoms with Crippen LogP contribution in [-0.4, -0.2) is 15.6 Å². The van der Waals surface area contributed by atoms with Crippen LogP contribution in [0.4, 0.5) is 0 Å². The van der Waals surface area contributed by atoms with E-state index in [-0.39, 0.29) is 5.78 Å². The van der Waals surface area contributed by atoms with Gasteiger partial charge < -0.3 is 0 Å². The second kappa shape index (κ2) is 4.40. The molecule has 0 fully saturated rings. The van der Waals surface area contributed by atoms with Crippen molar-refractivity contribution in [2.45, 2.75) is 47.1 Å². The lowest BCUT2D eigenvalue weighted by atomic mass is 10.1. The van der Waals surface area contributed by atoms with Gasteiger partial charge in [-0.05, 0) is 32.3 Å². The Labute approximate surface area is 85.1 Å². The van der Waals surface area contributed by atoms with Crippen molar-refractivity contribution in [1.82, 2.24) is 9.78 Å². The van der Waals surface area contributed by atoms with E-state index in [1.165, 1.54) is 11.3 Å². The van der Waals surface area contributed by atoms with Gasteiger partial charge in [0, 0.05) is 5.69 Å². The van der Waals surface area contributed by atoms with Gasteiger partial charge in [0.05, 0.1) is 12.2 Å². The highest BCUT2D eigenvalue weighted by molar-refractivity contribution is 5.75. The molecule has 0 aliphatic rings. The molecule has 0 radical (unpaired) electrons. The average molecular weight is 194 g/mol. The summed E-state index contributed by atoms with van der Waals surface area (Å²) in [6.45, 7) is 8.24. The first-order chi connectivity index (χ1) is 6.60. The minimum Gasteiger partial charge on any atom is -0.298 e. The van der Waals surface area contributed by atoms with Crippen LogP contribution in [0.15, 0.2) is 0 Å². The third-order valence-corrected chi connectivity index (χ3v) is 2.43. The van der Waals surface area contributed by atoms with Crippen LogP contribution < -0.4 is 0 Å². The van der Waals surface area contributed by atoms with Crippen molar-refractivity contribution >= 4 is 5.78 Å². The molecule has 3 nitrogen and oxygen atoms in total. The molecule has 1 heterocycles. The summed E-state index contributed by atoms with van der Waals surface area (Å²) in [5, 5.41) is 4.39. The minimum atomic E-state index is 0.157. The smallest absolute Gasteiger partial charge is 0.151 e. The molecular formula is C11H18N2O. The molecule has 0 saturated heterocycles. The van der Waals surface area contributed by atoms with Crippen LogP contribution in [-0.2, 0) is 24.2 Å². The first-order valence-electron chi connectivity index (χ1n) is 5.14. The second-order valence-corrected chi connectivity index (χ2v) is 3.58. The zero-order valence-corrected chi connectivity index (χ0v) is 9.42. The van der Waals surface area contributed by atoms with Gasteiger partial charge in [-0.15, -0.1) is 0 Å². The predicted octanol–water partition coefficient (Wildman–Crippen LogP) is 1.91. The van der Waals surface area contributed by atoms with E-state index in [0.717, 1.165) is 18.5 Å². The number of rotatable bonds is 4. The zero-order valence-electron chi connectivity index (χ0n) is 9.42. The maximum absolute atomic E-state index is 11.0. The monoisotopic (exact) mass is 194 g/mol. The second-order valence-electron chi connectivity index (χ2n) is 3.58. The van der Waals surface area contributed by atoms with Crippen molar-refractivity contribution in [2.24, 2.45) is 0 Å². The molecule has 0 N–H and O–H groups in total. The molecule has 3 heteroatoms. The predicted molar refractivity (Wildman–Crippen MR) is 56.4 cm³/mol. The normalized spacial score (nSPS) is 10.6. The van der Waals surface area contributed by atoms with Crippen molar-refractivity contribution in [3.8, 4) is 0 Å². The fraction of sp³-hybridized carbons (Fsp3) is 0.636. The fourth-order valence-electron chi connectivity index (χ4n) is 1.86. The van der Waals surface area contributed by atoms with Crippen LogP contribution in [0.25, 0.3) is 0 Å². The van der Waals surface area contributed by atoms with E-state index in [1.807, 2.05) is 11.6 Å². The number of aromatic nitrogens is 2. The van der Waals surface area contributed by atoms with Gasteiger partial charge in [-0.1, -0.05) is 13.8 Å². The van der Waals surface area contributed by atoms with Crippen molar-refractivity contribution in [3.63, 3.8) is 0 Å². The lowest BCUT2D eigenvalue weighted by molar-refractivity contribution is -0.117. The maximum Gasteiger partial charge on any atom is 0.151 e. The third-order valence-electron chi connectivity index (χ3n) is 2.43. The Morgan fingerprint density at radius 2 is 2.00 bits per heavy atom. The molecular weight excluding hydrogens is 176 g/mol. The molecule has 0 aliphatic carbocycles. The zero-order chi connectivity index (χ0) is 10.7. The van der Waals surface area contributed by atoms with Gasteiger partial charge >= 0.3 is 0 Å². The Morgan fingerprint density at radius 1 is 1.36 bits per heavy atom. The molecule has 0 spiro atoms. The van der Waals surface area contributed by atoms with E-state index >= 15 is 0 Å². The Hall–Kier alpha value is -1.12. The molecule has 0 aliphatic heterocycles. The molecule has 14 heavy (non-hydrogen) atoms. The standard InChI is InChI=1S/C11H18N2O/c1-5-10-9(4)12-13(7-8(3)14)11(10)6-2/h5-7H2,1-4H3. The highest BCUT2D eigenvalue weighted by atomic mass is 16.1. The number of carbonyl (C=O) groups is 1. The summed E-state index contributed by atoms with van der Waals surface area (Å²) in [6, 6.07) is 0. The van der Waals surface area contributed by atoms with Gasteiger partial charge in [-0.2, -0.15) is 5.10 Å². The number of hydrogen-bond donors (Lipinski definition) is 0. The lowest BCUT2D eigenvalue weighted by Crippen LogP contribution is -2.11. The summed E-state index contributed by atoms with van der Waals surface area (Å²) in [5.74, 6) is 0.157. The van der Waals surface area contributed by atoms with E-state index in [1.54, 1.807) is 6.92 Å². The molecule has 0 unspecified atom stereocenters. The fourth-order valence-corrected chi connectivity index (χ4v) is 1.86. The van der Waals surface area contributed by atoms with E-state index in [0.29, 0.717) is 6.54 Å². The number of Topliss-reactive ketones (excluding diaryl/α,β-unsaturated/α-hetero) is 1. The van der Waals surface area contributed by atoms with Crippen molar-refractivity contribution in [2.75, 3.05) is 0 Å². The number of ketones is 1. The van der Waals surface area contributed by atoms with Crippen molar-refractivity contribution in [3.05, 3.63) is 17.0 Å². The first-order valence-corrected chi connectivity index (χ1v) is 5.14. The number of carbonyl (C=O) groups excluding carboxylic acids is 1. The molecule has 1 aromatic heterocycles. The molecule has 78 valence electrons. The minimum absolute atomic E-state index is 0.157. The molecule has 0 bridgehead atoms. The summed E-state index contributed by atoms with van der Waals surface area (Å²) in [6.07, 6.45) is 1.93. The SMILES string of the molecule is CCc1c(C)nn(CC(C)=O)c1CC. The van der Waals surface area contributed by atoms with E-state index in [4.69, 9.17) is 0 Å². The summed E-state index contributed by atoms with van der Waals surface area (Å²) >= 11 is 0. The molecule has 0 aromatic carbocycles. The topological polar surface area (TPSA) is 34.9 Å². The van der Waals surface area contributed by atoms with Gasteiger partial charge in [0.2, 0.25) is 0 Å². The van der Waals surface area contributed by atoms with Gasteiger partial charge in [0.15, 0.2) is 5.78 Å². The first kappa shape index (κ1) is 11.0. The van der Waals surface area contributed by atoms with Gasteiger partial charge in [0.1, 0.15) is 0 Å². The average Bonchev–Trinajstić information content (AvgIpc) is 2.39. The Balaban J connectivity index is 3.10. The van der Waals surface area contributed by atoms with Crippen LogP contribution in [0, 0.1) is 6.92 Å². The molecule has 1 aromatic rings. The van der Waals surface area contributed by atoms with Crippen molar-refractivity contribution < 1.29 is 4.79 Å². The summed E-state index contributed by atoms with van der Waals surface area (Å²) in [7, 11) is 0. The number of aryl methyl sites for hydroxylation is 1. The van der Waals surface area contributed by atoms with Crippen LogP contribution in [0.2, 0.25) is 0 Å². The maximum atomic E-state index is 11.0. The summed E-state index contributed by atoms with van der Waals surface area (Å²) in [4.78, 5) is 11.0.